The molecule has 3 aromatic carbocycles. The van der Waals surface area contributed by atoms with Gasteiger partial charge in [0.1, 0.15) is 5.75 Å². The standard InChI is InChI=1S/C28H30N2O3/c1-30(23-12-6-3-7-13-23)28(32)33-24-18-16-22(17-19-24)25-14-8-9-15-26(25)27(31)29-20-21-10-4-2-5-11-21/h2-7,10-13,16-19,25-26H,8-9,14-15,20H2,1H3,(H,29,31). The Hall–Kier alpha value is -3.60. The van der Waals surface area contributed by atoms with Gasteiger partial charge in [0.15, 0.2) is 0 Å². The summed E-state index contributed by atoms with van der Waals surface area (Å²) in [5.74, 6) is 0.738. The van der Waals surface area contributed by atoms with Crippen molar-refractivity contribution in [3.05, 3.63) is 96.1 Å². The van der Waals surface area contributed by atoms with Crippen LogP contribution in [0.15, 0.2) is 84.9 Å². The second-order valence-electron chi connectivity index (χ2n) is 8.53. The highest BCUT2D eigenvalue weighted by Gasteiger charge is 2.32. The quantitative estimate of drug-likeness (QED) is 0.516. The molecule has 5 nitrogen and oxygen atoms in total. The van der Waals surface area contributed by atoms with Crippen LogP contribution in [0, 0.1) is 5.92 Å². The van der Waals surface area contributed by atoms with Crippen LogP contribution in [-0.4, -0.2) is 19.0 Å². The lowest BCUT2D eigenvalue weighted by atomic mass is 9.75. The maximum absolute atomic E-state index is 13.0. The Kier molecular flexibility index (Phi) is 7.40. The van der Waals surface area contributed by atoms with E-state index >= 15 is 0 Å². The van der Waals surface area contributed by atoms with E-state index in [1.54, 1.807) is 7.05 Å². The summed E-state index contributed by atoms with van der Waals surface area (Å²) in [6.07, 6.45) is 3.63. The highest BCUT2D eigenvalue weighted by molar-refractivity contribution is 5.88. The number of carbonyl (C=O) groups is 2. The van der Waals surface area contributed by atoms with Crippen LogP contribution in [-0.2, 0) is 11.3 Å². The number of benzene rings is 3. The van der Waals surface area contributed by atoms with Crippen LogP contribution >= 0.6 is 0 Å². The van der Waals surface area contributed by atoms with Crippen molar-refractivity contribution in [1.29, 1.82) is 0 Å². The molecule has 2 unspecified atom stereocenters. The van der Waals surface area contributed by atoms with Gasteiger partial charge >= 0.3 is 6.09 Å². The molecule has 0 heterocycles. The number of rotatable bonds is 6. The number of para-hydroxylation sites is 1. The number of amides is 2. The Morgan fingerprint density at radius 3 is 2.21 bits per heavy atom. The average Bonchev–Trinajstić information content (AvgIpc) is 2.88. The molecule has 2 atom stereocenters. The van der Waals surface area contributed by atoms with Crippen LogP contribution < -0.4 is 15.0 Å². The van der Waals surface area contributed by atoms with Gasteiger partial charge in [-0.2, -0.15) is 0 Å². The van der Waals surface area contributed by atoms with Crippen LogP contribution in [0.2, 0.25) is 0 Å². The van der Waals surface area contributed by atoms with Crippen molar-refractivity contribution < 1.29 is 14.3 Å². The minimum atomic E-state index is -0.440. The van der Waals surface area contributed by atoms with E-state index in [4.69, 9.17) is 4.74 Å². The molecule has 0 aliphatic heterocycles. The Morgan fingerprint density at radius 2 is 1.52 bits per heavy atom. The highest BCUT2D eigenvalue weighted by Crippen LogP contribution is 2.38. The summed E-state index contributed by atoms with van der Waals surface area (Å²) in [6.45, 7) is 0.548. The smallest absolute Gasteiger partial charge is 0.410 e. The van der Waals surface area contributed by atoms with Crippen LogP contribution in [0.4, 0.5) is 10.5 Å². The topological polar surface area (TPSA) is 58.6 Å². The van der Waals surface area contributed by atoms with Gasteiger partial charge in [-0.3, -0.25) is 9.69 Å². The first-order chi connectivity index (χ1) is 16.1. The van der Waals surface area contributed by atoms with Gasteiger partial charge in [0.05, 0.1) is 0 Å². The molecule has 0 saturated heterocycles. The number of carbonyl (C=O) groups excluding carboxylic acids is 2. The monoisotopic (exact) mass is 442 g/mol. The fourth-order valence-corrected chi connectivity index (χ4v) is 4.47. The molecular formula is C28H30N2O3. The average molecular weight is 443 g/mol. The zero-order valence-corrected chi connectivity index (χ0v) is 18.9. The Morgan fingerprint density at radius 1 is 0.879 bits per heavy atom. The predicted molar refractivity (Wildman–Crippen MR) is 130 cm³/mol. The molecule has 170 valence electrons. The van der Waals surface area contributed by atoms with Gasteiger partial charge in [-0.05, 0) is 54.2 Å². The van der Waals surface area contributed by atoms with Crippen molar-refractivity contribution in [2.45, 2.75) is 38.1 Å². The summed E-state index contributed by atoms with van der Waals surface area (Å²) < 4.78 is 5.54. The maximum Gasteiger partial charge on any atom is 0.419 e. The molecule has 1 aliphatic rings. The lowest BCUT2D eigenvalue weighted by Crippen LogP contribution is -2.35. The molecule has 0 radical (unpaired) electrons. The summed E-state index contributed by atoms with van der Waals surface area (Å²) in [7, 11) is 1.69. The van der Waals surface area contributed by atoms with E-state index < -0.39 is 6.09 Å². The van der Waals surface area contributed by atoms with Crippen molar-refractivity contribution >= 4 is 17.7 Å². The summed E-state index contributed by atoms with van der Waals surface area (Å²) >= 11 is 0. The van der Waals surface area contributed by atoms with Crippen molar-refractivity contribution in [2.24, 2.45) is 5.92 Å². The first kappa shape index (κ1) is 22.6. The minimum absolute atomic E-state index is 0.0416. The van der Waals surface area contributed by atoms with Gasteiger partial charge in [0.25, 0.3) is 0 Å². The molecule has 33 heavy (non-hydrogen) atoms. The van der Waals surface area contributed by atoms with Crippen LogP contribution in [0.5, 0.6) is 5.75 Å². The number of nitrogens with one attached hydrogen (secondary N) is 1. The van der Waals surface area contributed by atoms with Gasteiger partial charge in [-0.1, -0.05) is 73.5 Å². The molecule has 2 amide bonds. The molecule has 0 aromatic heterocycles. The number of hydrogen-bond acceptors (Lipinski definition) is 3. The summed E-state index contributed by atoms with van der Waals surface area (Å²) in [4.78, 5) is 26.9. The number of hydrogen-bond donors (Lipinski definition) is 1. The molecule has 1 saturated carbocycles. The second kappa shape index (κ2) is 10.8. The lowest BCUT2D eigenvalue weighted by molar-refractivity contribution is -0.126. The molecule has 4 rings (SSSR count). The van der Waals surface area contributed by atoms with E-state index in [0.29, 0.717) is 12.3 Å². The van der Waals surface area contributed by atoms with Gasteiger partial charge in [-0.15, -0.1) is 0 Å². The lowest BCUT2D eigenvalue weighted by Gasteiger charge is -2.31. The van der Waals surface area contributed by atoms with Crippen molar-refractivity contribution in [3.63, 3.8) is 0 Å². The molecule has 1 N–H and O–H groups in total. The van der Waals surface area contributed by atoms with E-state index in [1.807, 2.05) is 84.9 Å². The zero-order chi connectivity index (χ0) is 23.0. The predicted octanol–water partition coefficient (Wildman–Crippen LogP) is 5.91. The van der Waals surface area contributed by atoms with Crippen LogP contribution in [0.25, 0.3) is 0 Å². The fraction of sp³-hybridized carbons (Fsp3) is 0.286. The van der Waals surface area contributed by atoms with E-state index in [-0.39, 0.29) is 17.7 Å². The number of anilines is 1. The van der Waals surface area contributed by atoms with E-state index in [1.165, 1.54) is 4.90 Å². The third-order valence-corrected chi connectivity index (χ3v) is 6.34. The molecule has 3 aromatic rings. The SMILES string of the molecule is CN(C(=O)Oc1ccc(C2CCCCC2C(=O)NCc2ccccc2)cc1)c1ccccc1. The van der Waals surface area contributed by atoms with Gasteiger partial charge in [-0.25, -0.2) is 4.79 Å². The highest BCUT2D eigenvalue weighted by atomic mass is 16.6. The Balaban J connectivity index is 1.38. The Bertz CT molecular complexity index is 1050. The molecule has 1 fully saturated rings. The first-order valence-corrected chi connectivity index (χ1v) is 11.5. The van der Waals surface area contributed by atoms with Crippen molar-refractivity contribution in [3.8, 4) is 5.75 Å². The van der Waals surface area contributed by atoms with E-state index in [0.717, 1.165) is 42.5 Å². The third kappa shape index (κ3) is 5.80. The Labute approximate surface area is 195 Å². The normalized spacial score (nSPS) is 17.7. The van der Waals surface area contributed by atoms with Gasteiger partial charge in [0.2, 0.25) is 5.91 Å². The summed E-state index contributed by atoms with van der Waals surface area (Å²) in [5, 5.41) is 3.12. The van der Waals surface area contributed by atoms with Gasteiger partial charge in [0, 0.05) is 25.2 Å². The number of ether oxygens (including phenoxy) is 1. The van der Waals surface area contributed by atoms with Crippen LogP contribution in [0.1, 0.15) is 42.7 Å². The van der Waals surface area contributed by atoms with Gasteiger partial charge < -0.3 is 10.1 Å². The third-order valence-electron chi connectivity index (χ3n) is 6.34. The zero-order valence-electron chi connectivity index (χ0n) is 18.9. The molecular weight excluding hydrogens is 412 g/mol. The van der Waals surface area contributed by atoms with E-state index in [2.05, 4.69) is 5.32 Å². The van der Waals surface area contributed by atoms with E-state index in [9.17, 15) is 9.59 Å². The van der Waals surface area contributed by atoms with Crippen molar-refractivity contribution in [2.75, 3.05) is 11.9 Å². The molecule has 5 heteroatoms. The first-order valence-electron chi connectivity index (χ1n) is 11.5. The summed E-state index contributed by atoms with van der Waals surface area (Å²) in [5.41, 5.74) is 2.99. The van der Waals surface area contributed by atoms with Crippen molar-refractivity contribution in [1.82, 2.24) is 5.32 Å². The molecule has 0 spiro atoms. The molecule has 1 aliphatic carbocycles. The second-order valence-corrected chi connectivity index (χ2v) is 8.53. The largest absolute Gasteiger partial charge is 0.419 e. The number of nitrogens with zero attached hydrogens (tertiary/aromatic N) is 1. The maximum atomic E-state index is 13.0. The summed E-state index contributed by atoms with van der Waals surface area (Å²) in [6, 6.07) is 27.0. The molecule has 0 bridgehead atoms. The minimum Gasteiger partial charge on any atom is -0.410 e. The van der Waals surface area contributed by atoms with Crippen LogP contribution in [0.3, 0.4) is 0 Å². The fourth-order valence-electron chi connectivity index (χ4n) is 4.47.